The Labute approximate surface area is 293 Å². The van der Waals surface area contributed by atoms with Crippen LogP contribution >= 0.6 is 0 Å². The number of nitrogens with one attached hydrogen (secondary N) is 1. The summed E-state index contributed by atoms with van der Waals surface area (Å²) in [5.74, 6) is -2.41. The van der Waals surface area contributed by atoms with Crippen LogP contribution in [0.15, 0.2) is 0 Å². The van der Waals surface area contributed by atoms with Crippen molar-refractivity contribution in [2.45, 2.75) is 155 Å². The SMILES string of the molecule is CCCCCCCCC(=O)OCC(COC=O)OC(=O)CCNCCC(=O)OC(COC(=O)CCCC)COC(=O)CCCCCCCC. The third kappa shape index (κ3) is 30.6. The van der Waals surface area contributed by atoms with E-state index in [1.807, 2.05) is 6.92 Å². The number of rotatable bonds is 34. The Balaban J connectivity index is 4.51. The van der Waals surface area contributed by atoms with E-state index in [0.29, 0.717) is 6.42 Å². The number of unbranched alkanes of at least 4 members (excludes halogenated alkanes) is 11. The van der Waals surface area contributed by atoms with Crippen LogP contribution in [0.5, 0.6) is 0 Å². The minimum atomic E-state index is -0.938. The van der Waals surface area contributed by atoms with E-state index >= 15 is 0 Å². The van der Waals surface area contributed by atoms with Crippen LogP contribution in [0.3, 0.4) is 0 Å². The summed E-state index contributed by atoms with van der Waals surface area (Å²) in [5, 5.41) is 2.95. The van der Waals surface area contributed by atoms with Gasteiger partial charge in [-0.15, -0.1) is 0 Å². The Kier molecular flexibility index (Phi) is 31.1. The maximum Gasteiger partial charge on any atom is 0.307 e. The van der Waals surface area contributed by atoms with Crippen LogP contribution in [-0.4, -0.2) is 88.0 Å². The van der Waals surface area contributed by atoms with Crippen molar-refractivity contribution in [3.63, 3.8) is 0 Å². The number of carbonyl (C=O) groups is 6. The summed E-state index contributed by atoms with van der Waals surface area (Å²) in [5.41, 5.74) is 0. The molecule has 0 heterocycles. The van der Waals surface area contributed by atoms with Crippen LogP contribution in [0.1, 0.15) is 143 Å². The summed E-state index contributed by atoms with van der Waals surface area (Å²) in [4.78, 5) is 71.7. The van der Waals surface area contributed by atoms with Gasteiger partial charge in [0.1, 0.15) is 26.4 Å². The lowest BCUT2D eigenvalue weighted by Crippen LogP contribution is -2.32. The minimum Gasteiger partial charge on any atom is -0.464 e. The van der Waals surface area contributed by atoms with Crippen LogP contribution in [-0.2, 0) is 57.2 Å². The quantitative estimate of drug-likeness (QED) is 0.0377. The molecule has 0 saturated carbocycles. The predicted octanol–water partition coefficient (Wildman–Crippen LogP) is 5.67. The average molecular weight is 702 g/mol. The van der Waals surface area contributed by atoms with Crippen molar-refractivity contribution in [3.8, 4) is 0 Å². The molecule has 0 aliphatic heterocycles. The van der Waals surface area contributed by atoms with Crippen LogP contribution < -0.4 is 5.32 Å². The largest absolute Gasteiger partial charge is 0.464 e. The minimum absolute atomic E-state index is 0.0502. The topological polar surface area (TPSA) is 170 Å². The zero-order chi connectivity index (χ0) is 36.4. The lowest BCUT2D eigenvalue weighted by Gasteiger charge is -2.18. The summed E-state index contributed by atoms with van der Waals surface area (Å²) in [6.07, 6.45) is 12.7. The van der Waals surface area contributed by atoms with Crippen molar-refractivity contribution in [2.75, 3.05) is 39.5 Å². The van der Waals surface area contributed by atoms with E-state index in [2.05, 4.69) is 19.2 Å². The van der Waals surface area contributed by atoms with Crippen molar-refractivity contribution >= 4 is 36.3 Å². The van der Waals surface area contributed by atoms with Crippen LogP contribution in [0.25, 0.3) is 0 Å². The van der Waals surface area contributed by atoms with Gasteiger partial charge in [-0.2, -0.15) is 0 Å². The van der Waals surface area contributed by atoms with Crippen LogP contribution in [0, 0.1) is 0 Å². The van der Waals surface area contributed by atoms with Gasteiger partial charge in [-0.1, -0.05) is 91.4 Å². The Morgan fingerprint density at radius 3 is 1.24 bits per heavy atom. The molecule has 0 radical (unpaired) electrons. The summed E-state index contributed by atoms with van der Waals surface area (Å²) >= 11 is 0. The molecule has 0 aromatic carbocycles. The number of esters is 5. The first-order valence-corrected chi connectivity index (χ1v) is 18.4. The number of hydrogen-bond donors (Lipinski definition) is 1. The van der Waals surface area contributed by atoms with Gasteiger partial charge in [-0.3, -0.25) is 28.8 Å². The fourth-order valence-corrected chi connectivity index (χ4v) is 4.57. The van der Waals surface area contributed by atoms with E-state index in [4.69, 9.17) is 28.4 Å². The molecular weight excluding hydrogens is 638 g/mol. The molecule has 0 aromatic heterocycles. The first-order valence-electron chi connectivity index (χ1n) is 18.4. The van der Waals surface area contributed by atoms with Crippen molar-refractivity contribution in [2.24, 2.45) is 0 Å². The first-order chi connectivity index (χ1) is 23.7. The molecule has 0 spiro atoms. The molecule has 13 heteroatoms. The van der Waals surface area contributed by atoms with E-state index in [1.165, 1.54) is 12.8 Å². The Hall–Kier alpha value is -3.22. The second-order valence-corrected chi connectivity index (χ2v) is 12.1. The second-order valence-electron chi connectivity index (χ2n) is 12.1. The standard InChI is InChI=1S/C36H63NO12/c1-4-7-10-12-14-16-19-33(40)45-26-30(25-44-29-38)48-35(42)21-23-37-24-22-36(43)49-31(27-46-32(39)18-9-6-3)28-47-34(41)20-17-15-13-11-8-5-2/h29-31,37H,4-28H2,1-3H3. The highest BCUT2D eigenvalue weighted by molar-refractivity contribution is 5.72. The summed E-state index contributed by atoms with van der Waals surface area (Å²) < 4.78 is 31.2. The maximum atomic E-state index is 12.5. The lowest BCUT2D eigenvalue weighted by atomic mass is 10.1. The van der Waals surface area contributed by atoms with E-state index in [1.54, 1.807) is 0 Å². The van der Waals surface area contributed by atoms with Crippen molar-refractivity contribution < 1.29 is 57.2 Å². The average Bonchev–Trinajstić information content (AvgIpc) is 3.08. The van der Waals surface area contributed by atoms with Gasteiger partial charge >= 0.3 is 29.8 Å². The first kappa shape index (κ1) is 45.8. The van der Waals surface area contributed by atoms with Gasteiger partial charge in [0.2, 0.25) is 0 Å². The van der Waals surface area contributed by atoms with E-state index in [9.17, 15) is 28.8 Å². The van der Waals surface area contributed by atoms with Gasteiger partial charge in [0.05, 0.1) is 12.8 Å². The molecule has 2 atom stereocenters. The number of carbonyl (C=O) groups excluding carboxylic acids is 6. The number of ether oxygens (including phenoxy) is 6. The summed E-state index contributed by atoms with van der Waals surface area (Å²) in [7, 11) is 0. The zero-order valence-corrected chi connectivity index (χ0v) is 30.3. The molecule has 0 amide bonds. The highest BCUT2D eigenvalue weighted by Crippen LogP contribution is 2.10. The second kappa shape index (κ2) is 33.3. The molecule has 0 fully saturated rings. The molecule has 49 heavy (non-hydrogen) atoms. The lowest BCUT2D eigenvalue weighted by molar-refractivity contribution is -0.166. The van der Waals surface area contributed by atoms with E-state index < -0.39 is 42.1 Å². The molecule has 0 aromatic rings. The third-order valence-electron chi connectivity index (χ3n) is 7.45. The molecule has 0 aliphatic carbocycles. The van der Waals surface area contributed by atoms with Gasteiger partial charge in [0.25, 0.3) is 6.47 Å². The molecule has 0 bridgehead atoms. The molecule has 13 nitrogen and oxygen atoms in total. The fraction of sp³-hybridized carbons (Fsp3) is 0.833. The molecule has 0 aliphatic rings. The molecule has 284 valence electrons. The Morgan fingerprint density at radius 1 is 0.469 bits per heavy atom. The van der Waals surface area contributed by atoms with Crippen molar-refractivity contribution in [1.82, 2.24) is 5.32 Å². The van der Waals surface area contributed by atoms with Crippen LogP contribution in [0.2, 0.25) is 0 Å². The van der Waals surface area contributed by atoms with Gasteiger partial charge in [0, 0.05) is 32.4 Å². The highest BCUT2D eigenvalue weighted by Gasteiger charge is 2.20. The third-order valence-corrected chi connectivity index (χ3v) is 7.45. The zero-order valence-electron chi connectivity index (χ0n) is 30.3. The van der Waals surface area contributed by atoms with Gasteiger partial charge in [-0.25, -0.2) is 0 Å². The Morgan fingerprint density at radius 2 is 0.837 bits per heavy atom. The molecule has 0 rings (SSSR count). The Bertz CT molecular complexity index is 897. The molecular formula is C36H63NO12. The van der Waals surface area contributed by atoms with Gasteiger partial charge in [0.15, 0.2) is 12.2 Å². The van der Waals surface area contributed by atoms with Gasteiger partial charge < -0.3 is 33.7 Å². The van der Waals surface area contributed by atoms with E-state index in [-0.39, 0.29) is 78.1 Å². The highest BCUT2D eigenvalue weighted by atomic mass is 16.6. The van der Waals surface area contributed by atoms with Crippen LogP contribution in [0.4, 0.5) is 0 Å². The van der Waals surface area contributed by atoms with E-state index in [0.717, 1.165) is 70.6 Å². The predicted molar refractivity (Wildman–Crippen MR) is 182 cm³/mol. The summed E-state index contributed by atoms with van der Waals surface area (Å²) in [6, 6.07) is 0. The van der Waals surface area contributed by atoms with Crippen molar-refractivity contribution in [3.05, 3.63) is 0 Å². The van der Waals surface area contributed by atoms with Crippen molar-refractivity contribution in [1.29, 1.82) is 0 Å². The van der Waals surface area contributed by atoms with Gasteiger partial charge in [-0.05, 0) is 19.3 Å². The smallest absolute Gasteiger partial charge is 0.307 e. The molecule has 1 N–H and O–H groups in total. The monoisotopic (exact) mass is 701 g/mol. The number of hydrogen-bond acceptors (Lipinski definition) is 13. The molecule has 0 saturated heterocycles. The molecule has 2 unspecified atom stereocenters. The summed E-state index contributed by atoms with van der Waals surface area (Å²) in [6.45, 7) is 5.91. The normalized spacial score (nSPS) is 12.0. The maximum absolute atomic E-state index is 12.5. The fourth-order valence-electron chi connectivity index (χ4n) is 4.57.